The van der Waals surface area contributed by atoms with Crippen molar-refractivity contribution >= 4 is 12.2 Å². The van der Waals surface area contributed by atoms with Crippen molar-refractivity contribution in [3.63, 3.8) is 0 Å². The molecule has 0 saturated heterocycles. The minimum Gasteiger partial charge on any atom is -0.450 e. The topological polar surface area (TPSA) is 59.1 Å². The van der Waals surface area contributed by atoms with E-state index in [1.807, 2.05) is 23.6 Å². The van der Waals surface area contributed by atoms with Gasteiger partial charge in [0.05, 0.1) is 13.2 Å². The Morgan fingerprint density at radius 2 is 1.14 bits per heavy atom. The molecule has 29 heavy (non-hydrogen) atoms. The molecular weight excluding hydrogens is 368 g/mol. The first-order valence-corrected chi connectivity index (χ1v) is 11.9. The Balaban J connectivity index is 4.37. The van der Waals surface area contributed by atoms with E-state index in [0.717, 1.165) is 84.0 Å². The number of ether oxygens (including phenoxy) is 2. The van der Waals surface area contributed by atoms with Gasteiger partial charge in [-0.25, -0.2) is 9.59 Å². The van der Waals surface area contributed by atoms with Gasteiger partial charge in [0.1, 0.15) is 0 Å². The SMILES string of the molecule is CCCCN(CCCCC(CC)CCN(CCCC)C(=O)OCC)C(=O)OCC. The van der Waals surface area contributed by atoms with E-state index >= 15 is 0 Å². The van der Waals surface area contributed by atoms with Crippen molar-refractivity contribution in [3.8, 4) is 0 Å². The highest BCUT2D eigenvalue weighted by atomic mass is 16.6. The molecule has 6 nitrogen and oxygen atoms in total. The minimum atomic E-state index is -0.186. The summed E-state index contributed by atoms with van der Waals surface area (Å²) in [4.78, 5) is 27.9. The molecule has 6 heteroatoms. The van der Waals surface area contributed by atoms with Crippen LogP contribution in [0.15, 0.2) is 0 Å². The third kappa shape index (κ3) is 13.4. The zero-order chi connectivity index (χ0) is 21.9. The summed E-state index contributed by atoms with van der Waals surface area (Å²) in [6.07, 6.45) is 9.14. The van der Waals surface area contributed by atoms with Crippen molar-refractivity contribution in [2.24, 2.45) is 5.92 Å². The van der Waals surface area contributed by atoms with Gasteiger partial charge in [-0.2, -0.15) is 0 Å². The molecular formula is C23H46N2O4. The molecule has 0 fully saturated rings. The van der Waals surface area contributed by atoms with Crippen LogP contribution in [0.5, 0.6) is 0 Å². The Morgan fingerprint density at radius 1 is 0.655 bits per heavy atom. The van der Waals surface area contributed by atoms with Gasteiger partial charge in [0.2, 0.25) is 0 Å². The Hall–Kier alpha value is -1.46. The summed E-state index contributed by atoms with van der Waals surface area (Å²) in [7, 11) is 0. The van der Waals surface area contributed by atoms with Crippen molar-refractivity contribution in [2.45, 2.75) is 92.4 Å². The van der Waals surface area contributed by atoms with E-state index in [9.17, 15) is 9.59 Å². The molecule has 0 aromatic carbocycles. The molecule has 172 valence electrons. The molecule has 0 saturated carbocycles. The molecule has 1 unspecified atom stereocenters. The second-order valence-corrected chi connectivity index (χ2v) is 7.64. The smallest absolute Gasteiger partial charge is 0.409 e. The lowest BCUT2D eigenvalue weighted by atomic mass is 9.95. The summed E-state index contributed by atoms with van der Waals surface area (Å²) >= 11 is 0. The highest BCUT2D eigenvalue weighted by molar-refractivity contribution is 5.67. The molecule has 0 rings (SSSR count). The van der Waals surface area contributed by atoms with Crippen LogP contribution in [0.25, 0.3) is 0 Å². The summed E-state index contributed by atoms with van der Waals surface area (Å²) in [6.45, 7) is 14.1. The maximum atomic E-state index is 12.1. The van der Waals surface area contributed by atoms with Crippen molar-refractivity contribution < 1.29 is 19.1 Å². The standard InChI is InChI=1S/C23H46N2O4/c1-6-11-17-24(22(26)28-9-4)19-14-13-15-21(8-3)16-20-25(18-12-7-2)23(27)29-10-5/h21H,6-20H2,1-5H3. The Kier molecular flexibility index (Phi) is 17.6. The van der Waals surface area contributed by atoms with Crippen LogP contribution in [0.2, 0.25) is 0 Å². The second-order valence-electron chi connectivity index (χ2n) is 7.64. The minimum absolute atomic E-state index is 0.184. The maximum absolute atomic E-state index is 12.1. The van der Waals surface area contributed by atoms with Gasteiger partial charge in [0.25, 0.3) is 0 Å². The first kappa shape index (κ1) is 27.5. The van der Waals surface area contributed by atoms with Gasteiger partial charge in [0, 0.05) is 26.2 Å². The number of carbonyl (C=O) groups is 2. The summed E-state index contributed by atoms with van der Waals surface area (Å²) in [6, 6.07) is 0. The summed E-state index contributed by atoms with van der Waals surface area (Å²) in [5.74, 6) is 0.597. The number of rotatable bonds is 17. The van der Waals surface area contributed by atoms with Crippen molar-refractivity contribution in [1.82, 2.24) is 9.80 Å². The maximum Gasteiger partial charge on any atom is 0.409 e. The fraction of sp³-hybridized carbons (Fsp3) is 0.913. The third-order valence-corrected chi connectivity index (χ3v) is 5.29. The Morgan fingerprint density at radius 3 is 1.59 bits per heavy atom. The molecule has 0 N–H and O–H groups in total. The zero-order valence-electron chi connectivity index (χ0n) is 19.7. The van der Waals surface area contributed by atoms with Crippen molar-refractivity contribution in [2.75, 3.05) is 39.4 Å². The molecule has 0 aliphatic rings. The predicted molar refractivity (Wildman–Crippen MR) is 119 cm³/mol. The van der Waals surface area contributed by atoms with Crippen LogP contribution in [0.4, 0.5) is 9.59 Å². The molecule has 1 atom stereocenters. The summed E-state index contributed by atoms with van der Waals surface area (Å²) in [5.41, 5.74) is 0. The van der Waals surface area contributed by atoms with Gasteiger partial charge < -0.3 is 19.3 Å². The molecule has 0 aliphatic heterocycles. The average Bonchev–Trinajstić information content (AvgIpc) is 2.71. The Bertz CT molecular complexity index is 418. The average molecular weight is 415 g/mol. The molecule has 0 spiro atoms. The number of carbonyl (C=O) groups excluding carboxylic acids is 2. The van der Waals surface area contributed by atoms with Crippen molar-refractivity contribution in [1.29, 1.82) is 0 Å². The van der Waals surface area contributed by atoms with E-state index in [0.29, 0.717) is 19.1 Å². The largest absolute Gasteiger partial charge is 0.450 e. The fourth-order valence-corrected chi connectivity index (χ4v) is 3.34. The van der Waals surface area contributed by atoms with Gasteiger partial charge in [-0.1, -0.05) is 52.9 Å². The van der Waals surface area contributed by atoms with Crippen LogP contribution in [0.1, 0.15) is 92.4 Å². The van der Waals surface area contributed by atoms with Crippen LogP contribution < -0.4 is 0 Å². The second kappa shape index (κ2) is 18.6. The van der Waals surface area contributed by atoms with Gasteiger partial charge in [-0.05, 0) is 45.4 Å². The van der Waals surface area contributed by atoms with Gasteiger partial charge in [-0.15, -0.1) is 0 Å². The molecule has 0 aromatic heterocycles. The zero-order valence-corrected chi connectivity index (χ0v) is 19.7. The van der Waals surface area contributed by atoms with Crippen LogP contribution in [-0.2, 0) is 9.47 Å². The van der Waals surface area contributed by atoms with Crippen LogP contribution in [0.3, 0.4) is 0 Å². The van der Waals surface area contributed by atoms with E-state index in [1.165, 1.54) is 0 Å². The van der Waals surface area contributed by atoms with Gasteiger partial charge in [0.15, 0.2) is 0 Å². The normalized spacial score (nSPS) is 11.8. The number of nitrogens with zero attached hydrogens (tertiary/aromatic N) is 2. The van der Waals surface area contributed by atoms with Crippen LogP contribution in [0, 0.1) is 5.92 Å². The predicted octanol–water partition coefficient (Wildman–Crippen LogP) is 6.09. The molecule has 0 aliphatic carbocycles. The van der Waals surface area contributed by atoms with E-state index in [4.69, 9.17) is 9.47 Å². The van der Waals surface area contributed by atoms with E-state index in [-0.39, 0.29) is 12.2 Å². The third-order valence-electron chi connectivity index (χ3n) is 5.29. The molecule has 2 amide bonds. The molecule has 0 bridgehead atoms. The van der Waals surface area contributed by atoms with Crippen LogP contribution >= 0.6 is 0 Å². The quantitative estimate of drug-likeness (QED) is 0.270. The molecule has 0 radical (unpaired) electrons. The lowest BCUT2D eigenvalue weighted by Crippen LogP contribution is -2.34. The monoisotopic (exact) mass is 414 g/mol. The summed E-state index contributed by atoms with van der Waals surface area (Å²) in [5, 5.41) is 0. The highest BCUT2D eigenvalue weighted by Gasteiger charge is 2.17. The first-order chi connectivity index (χ1) is 14.0. The summed E-state index contributed by atoms with van der Waals surface area (Å²) < 4.78 is 10.4. The van der Waals surface area contributed by atoms with E-state index < -0.39 is 0 Å². The van der Waals surface area contributed by atoms with E-state index in [1.54, 1.807) is 0 Å². The van der Waals surface area contributed by atoms with Gasteiger partial charge in [-0.3, -0.25) is 0 Å². The lowest BCUT2D eigenvalue weighted by molar-refractivity contribution is 0.103. The number of unbranched alkanes of at least 4 members (excludes halogenated alkanes) is 3. The van der Waals surface area contributed by atoms with Crippen LogP contribution in [-0.4, -0.2) is 61.4 Å². The molecule has 0 aromatic rings. The fourth-order valence-electron chi connectivity index (χ4n) is 3.34. The Labute approximate surface area is 179 Å². The van der Waals surface area contributed by atoms with E-state index in [2.05, 4.69) is 20.8 Å². The number of hydrogen-bond acceptors (Lipinski definition) is 4. The van der Waals surface area contributed by atoms with Gasteiger partial charge >= 0.3 is 12.2 Å². The lowest BCUT2D eigenvalue weighted by Gasteiger charge is -2.25. The highest BCUT2D eigenvalue weighted by Crippen LogP contribution is 2.18. The number of hydrogen-bond donors (Lipinski definition) is 0. The molecule has 0 heterocycles. The number of amides is 2. The first-order valence-electron chi connectivity index (χ1n) is 11.9. The van der Waals surface area contributed by atoms with Crippen molar-refractivity contribution in [3.05, 3.63) is 0 Å².